The average molecular weight is 311 g/mol. The molecule has 1 saturated heterocycles. The molecule has 0 N–H and O–H groups in total. The van der Waals surface area contributed by atoms with Crippen molar-refractivity contribution in [2.24, 2.45) is 0 Å². The Bertz CT molecular complexity index is 587. The molecule has 1 amide bonds. The van der Waals surface area contributed by atoms with Gasteiger partial charge in [0, 0.05) is 23.8 Å². The van der Waals surface area contributed by atoms with E-state index in [-0.39, 0.29) is 11.3 Å². The molecule has 0 saturated carbocycles. The summed E-state index contributed by atoms with van der Waals surface area (Å²) in [6.07, 6.45) is 3.54. The summed E-state index contributed by atoms with van der Waals surface area (Å²) < 4.78 is 0.760. The van der Waals surface area contributed by atoms with E-state index in [4.69, 9.17) is 11.6 Å². The van der Waals surface area contributed by atoms with Crippen LogP contribution < -0.4 is 0 Å². The van der Waals surface area contributed by atoms with Gasteiger partial charge in [0.2, 0.25) is 5.91 Å². The summed E-state index contributed by atoms with van der Waals surface area (Å²) in [5.41, 5.74) is 1.05. The van der Waals surface area contributed by atoms with Crippen LogP contribution >= 0.6 is 34.7 Å². The second kappa shape index (κ2) is 5.53. The highest BCUT2D eigenvalue weighted by Gasteiger charge is 2.33. The molecule has 0 spiro atoms. The van der Waals surface area contributed by atoms with E-state index in [1.807, 2.05) is 29.2 Å². The van der Waals surface area contributed by atoms with E-state index < -0.39 is 0 Å². The van der Waals surface area contributed by atoms with Crippen molar-refractivity contribution in [1.82, 2.24) is 9.88 Å². The van der Waals surface area contributed by atoms with Crippen LogP contribution in [0.25, 0.3) is 0 Å². The molecule has 3 nitrogen and oxygen atoms in total. The van der Waals surface area contributed by atoms with E-state index in [1.165, 1.54) is 11.3 Å². The minimum atomic E-state index is 0.0743. The maximum Gasteiger partial charge on any atom is 0.234 e. The molecule has 3 rings (SSSR count). The predicted octanol–water partition coefficient (Wildman–Crippen LogP) is 3.57. The number of thiophene rings is 1. The third-order valence-electron chi connectivity index (χ3n) is 2.88. The summed E-state index contributed by atoms with van der Waals surface area (Å²) in [6, 6.07) is 7.76. The fourth-order valence-corrected chi connectivity index (χ4v) is 4.50. The van der Waals surface area contributed by atoms with Gasteiger partial charge in [0.1, 0.15) is 5.37 Å². The molecule has 1 atom stereocenters. The van der Waals surface area contributed by atoms with Gasteiger partial charge in [-0.15, -0.1) is 23.1 Å². The van der Waals surface area contributed by atoms with E-state index in [2.05, 4.69) is 4.98 Å². The van der Waals surface area contributed by atoms with E-state index in [0.717, 1.165) is 14.8 Å². The number of amides is 1. The number of rotatable bonds is 3. The second-order valence-electron chi connectivity index (χ2n) is 4.19. The summed E-state index contributed by atoms with van der Waals surface area (Å²) in [4.78, 5) is 19.1. The Balaban J connectivity index is 1.83. The summed E-state index contributed by atoms with van der Waals surface area (Å²) in [5.74, 6) is 0.698. The largest absolute Gasteiger partial charge is 0.321 e. The number of nitrogens with zero attached hydrogens (tertiary/aromatic N) is 2. The predicted molar refractivity (Wildman–Crippen MR) is 79.3 cm³/mol. The third-order valence-corrected chi connectivity index (χ3v) is 5.55. The maximum absolute atomic E-state index is 12.0. The lowest BCUT2D eigenvalue weighted by molar-refractivity contribution is -0.128. The van der Waals surface area contributed by atoms with E-state index in [0.29, 0.717) is 12.3 Å². The molecule has 1 fully saturated rings. The van der Waals surface area contributed by atoms with Crippen LogP contribution in [-0.4, -0.2) is 21.5 Å². The first-order valence-corrected chi connectivity index (χ1v) is 8.03. The molecule has 3 heterocycles. The van der Waals surface area contributed by atoms with Crippen molar-refractivity contribution in [2.75, 3.05) is 5.75 Å². The van der Waals surface area contributed by atoms with Gasteiger partial charge in [0.05, 0.1) is 10.1 Å². The van der Waals surface area contributed by atoms with Crippen LogP contribution in [0.4, 0.5) is 0 Å². The van der Waals surface area contributed by atoms with Crippen molar-refractivity contribution in [2.45, 2.75) is 11.9 Å². The monoisotopic (exact) mass is 310 g/mol. The average Bonchev–Trinajstić information content (AvgIpc) is 2.99. The van der Waals surface area contributed by atoms with Gasteiger partial charge in [-0.3, -0.25) is 9.78 Å². The number of hydrogen-bond donors (Lipinski definition) is 0. The van der Waals surface area contributed by atoms with Crippen molar-refractivity contribution in [3.8, 4) is 0 Å². The lowest BCUT2D eigenvalue weighted by Crippen LogP contribution is -2.27. The Labute approximate surface area is 124 Å². The van der Waals surface area contributed by atoms with Crippen LogP contribution in [-0.2, 0) is 11.3 Å². The quantitative estimate of drug-likeness (QED) is 0.869. The lowest BCUT2D eigenvalue weighted by atomic mass is 10.2. The first-order chi connectivity index (χ1) is 9.24. The number of hydrogen-bond acceptors (Lipinski definition) is 4. The molecule has 19 heavy (non-hydrogen) atoms. The molecule has 2 aromatic heterocycles. The molecule has 0 aliphatic carbocycles. The van der Waals surface area contributed by atoms with E-state index in [9.17, 15) is 4.79 Å². The lowest BCUT2D eigenvalue weighted by Gasteiger charge is -2.22. The van der Waals surface area contributed by atoms with Gasteiger partial charge < -0.3 is 4.90 Å². The highest BCUT2D eigenvalue weighted by Crippen LogP contribution is 2.43. The van der Waals surface area contributed by atoms with Crippen molar-refractivity contribution < 1.29 is 4.79 Å². The second-order valence-corrected chi connectivity index (χ2v) is 7.00. The molecule has 0 radical (unpaired) electrons. The van der Waals surface area contributed by atoms with Crippen molar-refractivity contribution in [1.29, 1.82) is 0 Å². The number of aromatic nitrogens is 1. The zero-order valence-electron chi connectivity index (χ0n) is 9.95. The Morgan fingerprint density at radius 3 is 3.00 bits per heavy atom. The number of halogens is 1. The fraction of sp³-hybridized carbons (Fsp3) is 0.231. The topological polar surface area (TPSA) is 33.2 Å². The van der Waals surface area contributed by atoms with Crippen LogP contribution in [0.15, 0.2) is 36.7 Å². The summed E-state index contributed by atoms with van der Waals surface area (Å²) in [5, 5.41) is 0.0743. The number of thioether (sulfide) groups is 1. The Morgan fingerprint density at radius 1 is 1.42 bits per heavy atom. The normalized spacial score (nSPS) is 19.1. The molecule has 1 aliphatic heterocycles. The molecule has 0 bridgehead atoms. The molecule has 1 unspecified atom stereocenters. The molecular weight excluding hydrogens is 300 g/mol. The SMILES string of the molecule is O=C1CSC(c2ccc(Cl)s2)N1Cc1cccnc1. The number of pyridine rings is 1. The van der Waals surface area contributed by atoms with Crippen LogP contribution in [0.3, 0.4) is 0 Å². The molecule has 98 valence electrons. The molecule has 6 heteroatoms. The minimum absolute atomic E-state index is 0.0743. The Morgan fingerprint density at radius 2 is 2.32 bits per heavy atom. The summed E-state index contributed by atoms with van der Waals surface area (Å²) >= 11 is 9.17. The number of carbonyl (C=O) groups is 1. The fourth-order valence-electron chi connectivity index (χ4n) is 2.01. The van der Waals surface area contributed by atoms with Gasteiger partial charge in [-0.2, -0.15) is 0 Å². The highest BCUT2D eigenvalue weighted by molar-refractivity contribution is 8.00. The van der Waals surface area contributed by atoms with E-state index in [1.54, 1.807) is 24.2 Å². The summed E-state index contributed by atoms with van der Waals surface area (Å²) in [6.45, 7) is 0.597. The van der Waals surface area contributed by atoms with E-state index >= 15 is 0 Å². The number of carbonyl (C=O) groups excluding carboxylic acids is 1. The van der Waals surface area contributed by atoms with Gasteiger partial charge in [-0.05, 0) is 23.8 Å². The zero-order valence-corrected chi connectivity index (χ0v) is 12.3. The molecule has 0 aromatic carbocycles. The smallest absolute Gasteiger partial charge is 0.234 e. The highest BCUT2D eigenvalue weighted by atomic mass is 35.5. The third kappa shape index (κ3) is 2.78. The van der Waals surface area contributed by atoms with Crippen LogP contribution in [0.1, 0.15) is 15.8 Å². The maximum atomic E-state index is 12.0. The van der Waals surface area contributed by atoms with Gasteiger partial charge in [0.25, 0.3) is 0 Å². The van der Waals surface area contributed by atoms with Crippen molar-refractivity contribution >= 4 is 40.6 Å². The van der Waals surface area contributed by atoms with Crippen LogP contribution in [0.2, 0.25) is 4.34 Å². The van der Waals surface area contributed by atoms with Gasteiger partial charge in [0.15, 0.2) is 0 Å². The summed E-state index contributed by atoms with van der Waals surface area (Å²) in [7, 11) is 0. The molecule has 2 aromatic rings. The first-order valence-electron chi connectivity index (χ1n) is 5.79. The van der Waals surface area contributed by atoms with Gasteiger partial charge in [-0.1, -0.05) is 17.7 Å². The minimum Gasteiger partial charge on any atom is -0.321 e. The Kier molecular flexibility index (Phi) is 3.77. The van der Waals surface area contributed by atoms with Crippen LogP contribution in [0.5, 0.6) is 0 Å². The standard InChI is InChI=1S/C13H11ClN2OS2/c14-11-4-3-10(19-11)13-16(12(17)8-18-13)7-9-2-1-5-15-6-9/h1-6,13H,7-8H2. The molecule has 1 aliphatic rings. The Hall–Kier alpha value is -1.04. The first kappa shape index (κ1) is 13.0. The zero-order chi connectivity index (χ0) is 13.2. The van der Waals surface area contributed by atoms with Crippen molar-refractivity contribution in [3.05, 3.63) is 51.4 Å². The van der Waals surface area contributed by atoms with Gasteiger partial charge in [-0.25, -0.2) is 0 Å². The molecular formula is C13H11ClN2OS2. The van der Waals surface area contributed by atoms with Crippen LogP contribution in [0, 0.1) is 0 Å². The van der Waals surface area contributed by atoms with Crippen molar-refractivity contribution in [3.63, 3.8) is 0 Å². The van der Waals surface area contributed by atoms with Gasteiger partial charge >= 0.3 is 0 Å².